The Labute approximate surface area is 107 Å². The maximum atomic E-state index is 12.3. The molecule has 0 aromatic carbocycles. The van der Waals surface area contributed by atoms with Crippen LogP contribution in [0.5, 0.6) is 0 Å². The lowest BCUT2D eigenvalue weighted by molar-refractivity contribution is -0.144. The number of aryl methyl sites for hydroxylation is 1. The minimum atomic E-state index is -4.56. The molecule has 0 fully saturated rings. The number of pyridine rings is 1. The highest BCUT2D eigenvalue weighted by molar-refractivity contribution is 5.61. The van der Waals surface area contributed by atoms with Crippen LogP contribution in [0.15, 0.2) is 24.7 Å². The van der Waals surface area contributed by atoms with Crippen molar-refractivity contribution >= 4 is 0 Å². The second-order valence-electron chi connectivity index (χ2n) is 3.92. The van der Waals surface area contributed by atoms with Gasteiger partial charge in [0.15, 0.2) is 0 Å². The predicted molar refractivity (Wildman–Crippen MR) is 60.9 cm³/mol. The Morgan fingerprint density at radius 3 is 2.16 bits per heavy atom. The van der Waals surface area contributed by atoms with Gasteiger partial charge in [-0.05, 0) is 18.6 Å². The number of nitrogens with zero attached hydrogens (tertiary/aromatic N) is 3. The van der Waals surface area contributed by atoms with Crippen LogP contribution >= 0.6 is 0 Å². The van der Waals surface area contributed by atoms with Gasteiger partial charge in [-0.2, -0.15) is 13.2 Å². The van der Waals surface area contributed by atoms with Gasteiger partial charge in [0.2, 0.25) is 5.82 Å². The fourth-order valence-corrected chi connectivity index (χ4v) is 1.52. The van der Waals surface area contributed by atoms with Crippen molar-refractivity contribution in [3.05, 3.63) is 41.7 Å². The molecule has 19 heavy (non-hydrogen) atoms. The van der Waals surface area contributed by atoms with E-state index in [9.17, 15) is 13.2 Å². The van der Waals surface area contributed by atoms with Crippen LogP contribution in [0.1, 0.15) is 17.1 Å². The van der Waals surface area contributed by atoms with E-state index in [2.05, 4.69) is 15.0 Å². The van der Waals surface area contributed by atoms with E-state index in [0.29, 0.717) is 22.4 Å². The van der Waals surface area contributed by atoms with Gasteiger partial charge >= 0.3 is 6.18 Å². The van der Waals surface area contributed by atoms with Gasteiger partial charge in [0.1, 0.15) is 0 Å². The first kappa shape index (κ1) is 13.4. The summed E-state index contributed by atoms with van der Waals surface area (Å²) in [6.45, 7) is 1.55. The maximum absolute atomic E-state index is 12.3. The van der Waals surface area contributed by atoms with E-state index >= 15 is 0 Å². The maximum Gasteiger partial charge on any atom is 0.451 e. The van der Waals surface area contributed by atoms with Crippen LogP contribution in [0.2, 0.25) is 0 Å². The first-order valence-corrected chi connectivity index (χ1v) is 5.38. The van der Waals surface area contributed by atoms with Crippen LogP contribution in [0.3, 0.4) is 0 Å². The summed E-state index contributed by atoms with van der Waals surface area (Å²) in [6, 6.07) is 1.65. The monoisotopic (exact) mass is 269 g/mol. The number of aliphatic hydroxyl groups excluding tert-OH is 1. The third-order valence-corrected chi connectivity index (χ3v) is 2.60. The van der Waals surface area contributed by atoms with E-state index in [0.717, 1.165) is 12.4 Å². The second kappa shape index (κ2) is 4.93. The van der Waals surface area contributed by atoms with Gasteiger partial charge in [0.25, 0.3) is 0 Å². The molecule has 0 aliphatic carbocycles. The summed E-state index contributed by atoms with van der Waals surface area (Å²) in [5.74, 6) is -1.18. The standard InChI is InChI=1S/C12H10F3N3O/c1-7-9(6-19)2-8(3-16-7)10-4-17-11(18-5-10)12(13,14)15/h2-5,19H,6H2,1H3. The molecule has 2 aromatic heterocycles. The second-order valence-corrected chi connectivity index (χ2v) is 3.92. The summed E-state index contributed by atoms with van der Waals surface area (Å²) in [6.07, 6.45) is -0.882. The fraction of sp³-hybridized carbons (Fsp3) is 0.250. The molecule has 0 aliphatic heterocycles. The Hall–Kier alpha value is -2.02. The molecule has 4 nitrogen and oxygen atoms in total. The topological polar surface area (TPSA) is 58.9 Å². The molecule has 0 radical (unpaired) electrons. The van der Waals surface area contributed by atoms with E-state index < -0.39 is 12.0 Å². The first-order valence-electron chi connectivity index (χ1n) is 5.38. The predicted octanol–water partition coefficient (Wildman–Crippen LogP) is 2.36. The Balaban J connectivity index is 2.37. The van der Waals surface area contributed by atoms with E-state index in [4.69, 9.17) is 5.11 Å². The molecule has 2 heterocycles. The van der Waals surface area contributed by atoms with Gasteiger partial charge in [-0.3, -0.25) is 4.98 Å². The van der Waals surface area contributed by atoms with Gasteiger partial charge in [-0.1, -0.05) is 0 Å². The highest BCUT2D eigenvalue weighted by Gasteiger charge is 2.34. The molecule has 100 valence electrons. The summed E-state index contributed by atoms with van der Waals surface area (Å²) in [5.41, 5.74) is 2.25. The zero-order chi connectivity index (χ0) is 14.0. The molecular formula is C12H10F3N3O. The zero-order valence-corrected chi connectivity index (χ0v) is 9.94. The van der Waals surface area contributed by atoms with Crippen LogP contribution < -0.4 is 0 Å². The number of hydrogen-bond donors (Lipinski definition) is 1. The molecule has 0 unspecified atom stereocenters. The average molecular weight is 269 g/mol. The number of alkyl halides is 3. The van der Waals surface area contributed by atoms with E-state index in [1.54, 1.807) is 13.0 Å². The highest BCUT2D eigenvalue weighted by atomic mass is 19.4. The normalized spacial score (nSPS) is 11.6. The Bertz CT molecular complexity index is 582. The fourth-order valence-electron chi connectivity index (χ4n) is 1.52. The smallest absolute Gasteiger partial charge is 0.392 e. The number of hydrogen-bond acceptors (Lipinski definition) is 4. The van der Waals surface area contributed by atoms with Gasteiger partial charge in [0.05, 0.1) is 6.61 Å². The molecule has 0 amide bonds. The molecule has 1 N–H and O–H groups in total. The van der Waals surface area contributed by atoms with Crippen molar-refractivity contribution in [2.75, 3.05) is 0 Å². The molecule has 2 rings (SSSR count). The van der Waals surface area contributed by atoms with Crippen LogP contribution in [-0.2, 0) is 12.8 Å². The molecule has 2 aromatic rings. The van der Waals surface area contributed by atoms with Crippen LogP contribution in [0.4, 0.5) is 13.2 Å². The molecule has 0 atom stereocenters. The summed E-state index contributed by atoms with van der Waals surface area (Å²) in [7, 11) is 0. The largest absolute Gasteiger partial charge is 0.451 e. The Morgan fingerprint density at radius 2 is 1.63 bits per heavy atom. The molecule has 0 bridgehead atoms. The van der Waals surface area contributed by atoms with Crippen molar-refractivity contribution in [2.45, 2.75) is 19.7 Å². The molecule has 0 saturated heterocycles. The summed E-state index contributed by atoms with van der Waals surface area (Å²) in [4.78, 5) is 10.6. The SMILES string of the molecule is Cc1ncc(-c2cnc(C(F)(F)F)nc2)cc1CO. The molecular weight excluding hydrogens is 259 g/mol. The first-order chi connectivity index (χ1) is 8.91. The lowest BCUT2D eigenvalue weighted by Crippen LogP contribution is -2.10. The summed E-state index contributed by atoms with van der Waals surface area (Å²) in [5, 5.41) is 9.12. The van der Waals surface area contributed by atoms with E-state index in [1.807, 2.05) is 0 Å². The Morgan fingerprint density at radius 1 is 1.05 bits per heavy atom. The van der Waals surface area contributed by atoms with Gasteiger partial charge in [-0.15, -0.1) is 0 Å². The van der Waals surface area contributed by atoms with Crippen molar-refractivity contribution in [1.82, 2.24) is 15.0 Å². The quantitative estimate of drug-likeness (QED) is 0.909. The third-order valence-electron chi connectivity index (χ3n) is 2.60. The third kappa shape index (κ3) is 2.87. The molecule has 0 spiro atoms. The molecule has 0 saturated carbocycles. The minimum absolute atomic E-state index is 0.186. The lowest BCUT2D eigenvalue weighted by Gasteiger charge is -2.07. The molecule has 0 aliphatic rings. The van der Waals surface area contributed by atoms with Gasteiger partial charge in [-0.25, -0.2) is 9.97 Å². The van der Waals surface area contributed by atoms with E-state index in [1.165, 1.54) is 6.20 Å². The van der Waals surface area contributed by atoms with Crippen molar-refractivity contribution in [1.29, 1.82) is 0 Å². The van der Waals surface area contributed by atoms with Crippen molar-refractivity contribution in [3.63, 3.8) is 0 Å². The average Bonchev–Trinajstić information content (AvgIpc) is 2.38. The van der Waals surface area contributed by atoms with E-state index in [-0.39, 0.29) is 6.61 Å². The number of halogens is 3. The summed E-state index contributed by atoms with van der Waals surface area (Å²) < 4.78 is 37.0. The number of aromatic nitrogens is 3. The van der Waals surface area contributed by atoms with Crippen molar-refractivity contribution in [3.8, 4) is 11.1 Å². The van der Waals surface area contributed by atoms with Crippen molar-refractivity contribution in [2.24, 2.45) is 0 Å². The van der Waals surface area contributed by atoms with Crippen LogP contribution in [-0.4, -0.2) is 20.1 Å². The zero-order valence-electron chi connectivity index (χ0n) is 9.94. The van der Waals surface area contributed by atoms with Crippen LogP contribution in [0.25, 0.3) is 11.1 Å². The van der Waals surface area contributed by atoms with Gasteiger partial charge in [0, 0.05) is 35.4 Å². The lowest BCUT2D eigenvalue weighted by atomic mass is 10.1. The summed E-state index contributed by atoms with van der Waals surface area (Å²) >= 11 is 0. The number of rotatable bonds is 2. The van der Waals surface area contributed by atoms with Crippen molar-refractivity contribution < 1.29 is 18.3 Å². The Kier molecular flexibility index (Phi) is 3.48. The molecule has 7 heteroatoms. The van der Waals surface area contributed by atoms with Gasteiger partial charge < -0.3 is 5.11 Å². The van der Waals surface area contributed by atoms with Crippen LogP contribution in [0, 0.1) is 6.92 Å². The highest BCUT2D eigenvalue weighted by Crippen LogP contribution is 2.27. The number of aliphatic hydroxyl groups is 1. The minimum Gasteiger partial charge on any atom is -0.392 e.